The Balaban J connectivity index is 1.88. The Kier molecular flexibility index (Phi) is 4.58. The van der Waals surface area contributed by atoms with Crippen LogP contribution in [-0.4, -0.2) is 49.2 Å². The molecule has 1 aliphatic heterocycles. The number of hydrogen-bond donors (Lipinski definition) is 0. The summed E-state index contributed by atoms with van der Waals surface area (Å²) in [6, 6.07) is 0. The van der Waals surface area contributed by atoms with Gasteiger partial charge in [0.25, 0.3) is 0 Å². The molecule has 0 radical (unpaired) electrons. The summed E-state index contributed by atoms with van der Waals surface area (Å²) in [6.07, 6.45) is 3.99. The first-order chi connectivity index (χ1) is 8.70. The minimum atomic E-state index is -0.329. The average Bonchev–Trinajstić information content (AvgIpc) is 3.07. The summed E-state index contributed by atoms with van der Waals surface area (Å²) in [5, 5.41) is 0. The Morgan fingerprint density at radius 3 is 2.67 bits per heavy atom. The lowest BCUT2D eigenvalue weighted by molar-refractivity contribution is -0.150. The molecular weight excluding hydrogens is 234 g/mol. The molecule has 1 amide bonds. The third-order valence-electron chi connectivity index (χ3n) is 3.31. The first-order valence-electron chi connectivity index (χ1n) is 6.76. The second kappa shape index (κ2) is 6.18. The summed E-state index contributed by atoms with van der Waals surface area (Å²) in [5.74, 6) is -0.121. The van der Waals surface area contributed by atoms with Gasteiger partial charge in [-0.15, -0.1) is 0 Å². The molecule has 2 rings (SSSR count). The van der Waals surface area contributed by atoms with E-state index in [1.165, 1.54) is 0 Å². The molecule has 5 heteroatoms. The zero-order chi connectivity index (χ0) is 13.0. The van der Waals surface area contributed by atoms with E-state index in [1.54, 1.807) is 11.8 Å². The van der Waals surface area contributed by atoms with Gasteiger partial charge in [-0.2, -0.15) is 0 Å². The maximum atomic E-state index is 12.1. The number of esters is 1. The first-order valence-corrected chi connectivity index (χ1v) is 6.76. The SMILES string of the molecule is CCOC(=O)CN(C[C@H]1CCCO1)C(=O)C1CC1. The van der Waals surface area contributed by atoms with Crippen molar-refractivity contribution in [3.8, 4) is 0 Å². The average molecular weight is 255 g/mol. The fraction of sp³-hybridized carbons (Fsp3) is 0.846. The van der Waals surface area contributed by atoms with Crippen LogP contribution in [0.25, 0.3) is 0 Å². The largest absolute Gasteiger partial charge is 0.465 e. The van der Waals surface area contributed by atoms with Crippen molar-refractivity contribution in [1.29, 1.82) is 0 Å². The third-order valence-corrected chi connectivity index (χ3v) is 3.31. The van der Waals surface area contributed by atoms with E-state index >= 15 is 0 Å². The highest BCUT2D eigenvalue weighted by molar-refractivity contribution is 5.85. The molecule has 0 aromatic rings. The topological polar surface area (TPSA) is 55.8 Å². The van der Waals surface area contributed by atoms with Crippen molar-refractivity contribution in [1.82, 2.24) is 4.90 Å². The van der Waals surface area contributed by atoms with Crippen LogP contribution in [0.15, 0.2) is 0 Å². The summed E-state index contributed by atoms with van der Waals surface area (Å²) in [5.41, 5.74) is 0. The highest BCUT2D eigenvalue weighted by Gasteiger charge is 2.35. The highest BCUT2D eigenvalue weighted by Crippen LogP contribution is 2.31. The predicted octanol–water partition coefficient (Wildman–Crippen LogP) is 0.967. The number of carbonyl (C=O) groups excluding carboxylic acids is 2. The van der Waals surface area contributed by atoms with E-state index in [1.807, 2.05) is 0 Å². The normalized spacial score (nSPS) is 22.8. The second-order valence-corrected chi connectivity index (χ2v) is 4.93. The van der Waals surface area contributed by atoms with Crippen molar-refractivity contribution in [2.45, 2.75) is 38.7 Å². The molecule has 0 unspecified atom stereocenters. The summed E-state index contributed by atoms with van der Waals surface area (Å²) >= 11 is 0. The molecule has 2 fully saturated rings. The van der Waals surface area contributed by atoms with Gasteiger partial charge in [0.05, 0.1) is 12.7 Å². The number of amides is 1. The number of rotatable bonds is 6. The van der Waals surface area contributed by atoms with Gasteiger partial charge in [0.2, 0.25) is 5.91 Å². The predicted molar refractivity (Wildman–Crippen MR) is 64.9 cm³/mol. The van der Waals surface area contributed by atoms with E-state index in [0.717, 1.165) is 32.3 Å². The third kappa shape index (κ3) is 3.70. The standard InChI is InChI=1S/C13H21NO4/c1-2-17-12(15)9-14(13(16)10-5-6-10)8-11-4-3-7-18-11/h10-11H,2-9H2,1H3/t11-/m1/s1. The van der Waals surface area contributed by atoms with Crippen molar-refractivity contribution in [2.75, 3.05) is 26.3 Å². The minimum absolute atomic E-state index is 0.0586. The van der Waals surface area contributed by atoms with Crippen molar-refractivity contribution in [2.24, 2.45) is 5.92 Å². The highest BCUT2D eigenvalue weighted by atomic mass is 16.5. The molecule has 0 aromatic heterocycles. The van der Waals surface area contributed by atoms with Crippen LogP contribution in [0.3, 0.4) is 0 Å². The van der Waals surface area contributed by atoms with Gasteiger partial charge in [0.15, 0.2) is 0 Å². The van der Waals surface area contributed by atoms with Crippen LogP contribution in [0, 0.1) is 5.92 Å². The fourth-order valence-corrected chi connectivity index (χ4v) is 2.22. The van der Waals surface area contributed by atoms with Gasteiger partial charge in [-0.05, 0) is 32.6 Å². The molecule has 0 aromatic carbocycles. The molecule has 0 bridgehead atoms. The molecule has 1 aliphatic carbocycles. The first kappa shape index (κ1) is 13.3. The maximum absolute atomic E-state index is 12.1. The van der Waals surface area contributed by atoms with E-state index in [9.17, 15) is 9.59 Å². The molecule has 2 aliphatic rings. The van der Waals surface area contributed by atoms with E-state index in [2.05, 4.69) is 0 Å². The van der Waals surface area contributed by atoms with Crippen molar-refractivity contribution in [3.63, 3.8) is 0 Å². The van der Waals surface area contributed by atoms with Gasteiger partial charge in [-0.25, -0.2) is 0 Å². The van der Waals surface area contributed by atoms with Crippen LogP contribution in [-0.2, 0) is 19.1 Å². The van der Waals surface area contributed by atoms with E-state index in [-0.39, 0.29) is 30.4 Å². The van der Waals surface area contributed by atoms with Gasteiger partial charge < -0.3 is 14.4 Å². The van der Waals surface area contributed by atoms with E-state index in [0.29, 0.717) is 13.2 Å². The number of carbonyl (C=O) groups is 2. The monoisotopic (exact) mass is 255 g/mol. The smallest absolute Gasteiger partial charge is 0.325 e. The maximum Gasteiger partial charge on any atom is 0.325 e. The van der Waals surface area contributed by atoms with E-state index in [4.69, 9.17) is 9.47 Å². The number of nitrogens with zero attached hydrogens (tertiary/aromatic N) is 1. The Morgan fingerprint density at radius 1 is 1.33 bits per heavy atom. The molecule has 18 heavy (non-hydrogen) atoms. The number of ether oxygens (including phenoxy) is 2. The minimum Gasteiger partial charge on any atom is -0.465 e. The van der Waals surface area contributed by atoms with Gasteiger partial charge in [0.1, 0.15) is 6.54 Å². The van der Waals surface area contributed by atoms with Crippen molar-refractivity contribution in [3.05, 3.63) is 0 Å². The van der Waals surface area contributed by atoms with E-state index < -0.39 is 0 Å². The van der Waals surface area contributed by atoms with Crippen LogP contribution >= 0.6 is 0 Å². The summed E-state index contributed by atoms with van der Waals surface area (Å²) in [7, 11) is 0. The summed E-state index contributed by atoms with van der Waals surface area (Å²) < 4.78 is 10.4. The Labute approximate surface area is 107 Å². The van der Waals surface area contributed by atoms with Gasteiger partial charge in [-0.1, -0.05) is 0 Å². The summed E-state index contributed by atoms with van der Waals surface area (Å²) in [4.78, 5) is 25.2. The number of hydrogen-bond acceptors (Lipinski definition) is 4. The van der Waals surface area contributed by atoms with Crippen LogP contribution in [0.4, 0.5) is 0 Å². The Hall–Kier alpha value is -1.10. The summed E-state index contributed by atoms with van der Waals surface area (Å²) in [6.45, 7) is 3.46. The molecule has 0 spiro atoms. The lowest BCUT2D eigenvalue weighted by atomic mass is 10.2. The molecule has 1 saturated carbocycles. The Morgan fingerprint density at radius 2 is 2.11 bits per heavy atom. The lowest BCUT2D eigenvalue weighted by Crippen LogP contribution is -2.42. The van der Waals surface area contributed by atoms with Gasteiger partial charge >= 0.3 is 5.97 Å². The Bertz CT molecular complexity index is 308. The van der Waals surface area contributed by atoms with Crippen LogP contribution in [0.1, 0.15) is 32.6 Å². The molecule has 0 N–H and O–H groups in total. The van der Waals surface area contributed by atoms with Crippen molar-refractivity contribution < 1.29 is 19.1 Å². The molecular formula is C13H21NO4. The van der Waals surface area contributed by atoms with Crippen LogP contribution < -0.4 is 0 Å². The molecule has 102 valence electrons. The molecule has 1 heterocycles. The zero-order valence-electron chi connectivity index (χ0n) is 10.9. The lowest BCUT2D eigenvalue weighted by Gasteiger charge is -2.24. The van der Waals surface area contributed by atoms with Gasteiger partial charge in [0, 0.05) is 19.1 Å². The zero-order valence-corrected chi connectivity index (χ0v) is 10.9. The van der Waals surface area contributed by atoms with Gasteiger partial charge in [-0.3, -0.25) is 9.59 Å². The molecule has 1 atom stereocenters. The quantitative estimate of drug-likeness (QED) is 0.664. The van der Waals surface area contributed by atoms with Crippen LogP contribution in [0.5, 0.6) is 0 Å². The molecule has 1 saturated heterocycles. The fourth-order valence-electron chi connectivity index (χ4n) is 2.22. The van der Waals surface area contributed by atoms with Crippen LogP contribution in [0.2, 0.25) is 0 Å². The molecule has 5 nitrogen and oxygen atoms in total. The second-order valence-electron chi connectivity index (χ2n) is 4.93. The van der Waals surface area contributed by atoms with Crippen molar-refractivity contribution >= 4 is 11.9 Å².